The molecule has 0 aliphatic heterocycles. The number of carbonyl (C=O) groups is 2. The third-order valence-electron chi connectivity index (χ3n) is 16.3. The van der Waals surface area contributed by atoms with E-state index in [4.69, 9.17) is 13.8 Å². The van der Waals surface area contributed by atoms with E-state index in [0.717, 1.165) is 103 Å². The number of nitrogens with zero attached hydrogens (tertiary/aromatic N) is 1. The van der Waals surface area contributed by atoms with Gasteiger partial charge in [0.15, 0.2) is 0 Å². The van der Waals surface area contributed by atoms with Crippen LogP contribution in [0.3, 0.4) is 0 Å². The Bertz CT molecular complexity index is 1760. The summed E-state index contributed by atoms with van der Waals surface area (Å²) >= 11 is 0. The molecule has 0 radical (unpaired) electrons. The van der Waals surface area contributed by atoms with E-state index < -0.39 is 20.0 Å². The summed E-state index contributed by atoms with van der Waals surface area (Å²) in [5, 5.41) is 3.07. The van der Waals surface area contributed by atoms with Gasteiger partial charge in [-0.15, -0.1) is 0 Å². The number of ether oxygens (including phenoxy) is 1. The molecule has 0 aromatic rings. The van der Waals surface area contributed by atoms with Crippen molar-refractivity contribution in [2.75, 3.05) is 40.9 Å². The molecule has 0 aliphatic rings. The first-order valence-electron chi connectivity index (χ1n) is 36.9. The van der Waals surface area contributed by atoms with Crippen LogP contribution in [0.4, 0.5) is 0 Å². The summed E-state index contributed by atoms with van der Waals surface area (Å²) in [4.78, 5) is 38.0. The van der Waals surface area contributed by atoms with Gasteiger partial charge in [0.25, 0.3) is 0 Å². The molecule has 3 unspecified atom stereocenters. The van der Waals surface area contributed by atoms with Crippen LogP contribution in [-0.4, -0.2) is 74.3 Å². The second kappa shape index (κ2) is 66.1. The number of phosphoric acid groups is 1. The van der Waals surface area contributed by atoms with Gasteiger partial charge in [-0.2, -0.15) is 0 Å². The predicted molar refractivity (Wildman–Crippen MR) is 378 cm³/mol. The number of rotatable bonds is 67. The van der Waals surface area contributed by atoms with Crippen molar-refractivity contribution in [2.24, 2.45) is 0 Å². The molecule has 0 bridgehead atoms. The zero-order valence-electron chi connectivity index (χ0n) is 58.0. The Morgan fingerprint density at radius 2 is 0.736 bits per heavy atom. The molecule has 0 saturated carbocycles. The summed E-state index contributed by atoms with van der Waals surface area (Å²) in [5.74, 6) is -0.517. The minimum atomic E-state index is -4.46. The van der Waals surface area contributed by atoms with E-state index in [0.29, 0.717) is 23.9 Å². The smallest absolute Gasteiger partial charge is 0.456 e. The van der Waals surface area contributed by atoms with Crippen LogP contribution in [0.15, 0.2) is 85.1 Å². The van der Waals surface area contributed by atoms with Crippen molar-refractivity contribution in [3.05, 3.63) is 85.1 Å². The van der Waals surface area contributed by atoms with Crippen molar-refractivity contribution in [1.82, 2.24) is 5.32 Å². The van der Waals surface area contributed by atoms with Gasteiger partial charge in [0.05, 0.1) is 33.8 Å². The van der Waals surface area contributed by atoms with E-state index in [-0.39, 0.29) is 31.5 Å². The second-order valence-electron chi connectivity index (χ2n) is 26.1. The van der Waals surface area contributed by atoms with E-state index in [1.165, 1.54) is 199 Å². The molecule has 506 valence electrons. The Morgan fingerprint density at radius 3 is 1.11 bits per heavy atom. The molecule has 1 amide bonds. The molecule has 0 aromatic heterocycles. The molecule has 0 aromatic carbocycles. The van der Waals surface area contributed by atoms with Crippen molar-refractivity contribution < 1.29 is 37.3 Å². The number of likely N-dealkylation sites (N-methyl/N-ethyl adjacent to an activating group) is 1. The topological polar surface area (TPSA) is 111 Å². The lowest BCUT2D eigenvalue weighted by Crippen LogP contribution is -2.47. The minimum Gasteiger partial charge on any atom is -0.456 e. The van der Waals surface area contributed by atoms with Gasteiger partial charge in [-0.1, -0.05) is 312 Å². The molecule has 9 nitrogen and oxygen atoms in total. The van der Waals surface area contributed by atoms with Crippen molar-refractivity contribution in [2.45, 2.75) is 354 Å². The Hall–Kier alpha value is -2.81. The number of quaternary nitrogens is 1. The third-order valence-corrected chi connectivity index (χ3v) is 17.3. The number of allylic oxidation sites excluding steroid dienone is 13. The molecule has 0 saturated heterocycles. The van der Waals surface area contributed by atoms with Gasteiger partial charge in [-0.05, 0) is 102 Å². The largest absolute Gasteiger partial charge is 0.472 e. The average Bonchev–Trinajstić information content (AvgIpc) is 3.70. The Kier molecular flexibility index (Phi) is 64.0. The quantitative estimate of drug-likeness (QED) is 0.0205. The maximum absolute atomic E-state index is 13.6. The van der Waals surface area contributed by atoms with E-state index in [1.807, 2.05) is 33.3 Å². The average molecular weight is 1240 g/mol. The van der Waals surface area contributed by atoms with Gasteiger partial charge in [0.2, 0.25) is 5.91 Å². The number of amides is 1. The van der Waals surface area contributed by atoms with Crippen LogP contribution in [0.1, 0.15) is 342 Å². The Morgan fingerprint density at radius 1 is 0.414 bits per heavy atom. The highest BCUT2D eigenvalue weighted by molar-refractivity contribution is 7.47. The number of esters is 1. The van der Waals surface area contributed by atoms with Gasteiger partial charge in [0.1, 0.15) is 19.3 Å². The predicted octanol–water partition coefficient (Wildman–Crippen LogP) is 23.7. The number of carbonyl (C=O) groups excluding carboxylic acids is 2. The fourth-order valence-electron chi connectivity index (χ4n) is 10.7. The zero-order valence-corrected chi connectivity index (χ0v) is 58.9. The van der Waals surface area contributed by atoms with E-state index in [1.54, 1.807) is 0 Å². The van der Waals surface area contributed by atoms with Gasteiger partial charge < -0.3 is 19.4 Å². The maximum Gasteiger partial charge on any atom is 0.472 e. The molecule has 2 N–H and O–H groups in total. The highest BCUT2D eigenvalue weighted by Gasteiger charge is 2.30. The van der Waals surface area contributed by atoms with Gasteiger partial charge in [-0.3, -0.25) is 18.6 Å². The van der Waals surface area contributed by atoms with Crippen molar-refractivity contribution >= 4 is 19.7 Å². The summed E-state index contributed by atoms with van der Waals surface area (Å²) in [7, 11) is 1.49. The van der Waals surface area contributed by atoms with Crippen LogP contribution in [0, 0.1) is 0 Å². The molecule has 3 atom stereocenters. The number of nitrogens with one attached hydrogen (secondary N) is 1. The maximum atomic E-state index is 13.6. The molecule has 0 rings (SSSR count). The van der Waals surface area contributed by atoms with E-state index >= 15 is 0 Å². The summed E-state index contributed by atoms with van der Waals surface area (Å²) in [6.45, 7) is 6.92. The van der Waals surface area contributed by atoms with Crippen LogP contribution in [0.2, 0.25) is 0 Å². The SMILES string of the molecule is CC/C=C\C/C=C\C/C=C\C/C=C\C/C=C\CCCCCCCC(=O)OC(/C=C\CCCCCCCCCCCCC)C(COP(=O)(O)OCC[N+](C)(C)C)NC(=O)CCCCCCCCCCCCCCCCCCC/C=C/CCCCCCCC. The molecular formula is C77H142N2O7P+. The van der Waals surface area contributed by atoms with Crippen molar-refractivity contribution in [1.29, 1.82) is 0 Å². The van der Waals surface area contributed by atoms with Gasteiger partial charge in [0, 0.05) is 12.8 Å². The Balaban J connectivity index is 5.06. The van der Waals surface area contributed by atoms with Crippen LogP contribution < -0.4 is 5.32 Å². The molecule has 87 heavy (non-hydrogen) atoms. The summed E-state index contributed by atoms with van der Waals surface area (Å²) in [6, 6.07) is -0.861. The molecule has 0 spiro atoms. The molecule has 0 heterocycles. The van der Waals surface area contributed by atoms with Gasteiger partial charge in [-0.25, -0.2) is 4.57 Å². The highest BCUT2D eigenvalue weighted by atomic mass is 31.2. The highest BCUT2D eigenvalue weighted by Crippen LogP contribution is 2.43. The summed E-state index contributed by atoms with van der Waals surface area (Å²) < 4.78 is 30.9. The first-order chi connectivity index (χ1) is 42.4. The summed E-state index contributed by atoms with van der Waals surface area (Å²) in [6.07, 6.45) is 88.9. The standard InChI is InChI=1S/C77H141N2O7P/c1-7-10-13-16-19-22-25-28-30-32-34-36-37-38-39-40-41-43-44-46-48-51-54-57-60-63-66-69-76(80)78-74(73-85-87(82,83)84-72-71-79(4,5)6)75(68-65-62-59-56-53-50-27-24-21-18-15-12-9-3)86-77(81)70-67-64-61-58-55-52-49-47-45-42-35-33-31-29-26-23-20-17-14-11-8-2/h11,14,20,23,28-31,35,42,47,49,65,68,74-75H,7-10,12-13,15-19,21-22,24-27,32-34,36-41,43-46,48,50-64,66-67,69-73H2,1-6H3,(H-,78,80,82,83)/p+1/b14-11-,23-20-,30-28+,31-29-,42-35-,49-47-,68-65-. The monoisotopic (exact) mass is 1240 g/mol. The number of hydrogen-bond donors (Lipinski definition) is 2. The molecule has 10 heteroatoms. The first kappa shape index (κ1) is 84.2. The fraction of sp³-hybridized carbons (Fsp3) is 0.792. The lowest BCUT2D eigenvalue weighted by molar-refractivity contribution is -0.870. The molecule has 0 fully saturated rings. The van der Waals surface area contributed by atoms with E-state index in [2.05, 4.69) is 99.0 Å². The molecular weight excluding hydrogens is 1100 g/mol. The third kappa shape index (κ3) is 67.4. The summed E-state index contributed by atoms with van der Waals surface area (Å²) in [5.41, 5.74) is 0. The molecule has 0 aliphatic carbocycles. The lowest BCUT2D eigenvalue weighted by Gasteiger charge is -2.27. The number of unbranched alkanes of at least 4 members (excludes halogenated alkanes) is 39. The number of hydrogen-bond acceptors (Lipinski definition) is 6. The van der Waals surface area contributed by atoms with Crippen LogP contribution >= 0.6 is 7.82 Å². The van der Waals surface area contributed by atoms with Gasteiger partial charge >= 0.3 is 13.8 Å². The second-order valence-corrected chi connectivity index (χ2v) is 27.5. The minimum absolute atomic E-state index is 0.0351. The van der Waals surface area contributed by atoms with Crippen molar-refractivity contribution in [3.8, 4) is 0 Å². The normalized spacial score (nSPS) is 14.0. The van der Waals surface area contributed by atoms with E-state index in [9.17, 15) is 19.0 Å². The van der Waals surface area contributed by atoms with Crippen molar-refractivity contribution in [3.63, 3.8) is 0 Å². The zero-order chi connectivity index (χ0) is 63.5. The first-order valence-corrected chi connectivity index (χ1v) is 38.4. The Labute approximate surface area is 539 Å². The lowest BCUT2D eigenvalue weighted by atomic mass is 10.0. The fourth-order valence-corrected chi connectivity index (χ4v) is 11.4. The van der Waals surface area contributed by atoms with Crippen LogP contribution in [-0.2, 0) is 27.9 Å². The number of phosphoric ester groups is 1. The van der Waals surface area contributed by atoms with Crippen LogP contribution in [0.25, 0.3) is 0 Å². The van der Waals surface area contributed by atoms with Crippen LogP contribution in [0.5, 0.6) is 0 Å².